The molecular weight excluding hydrogens is 520 g/mol. The molecule has 9 nitrogen and oxygen atoms in total. The molecule has 1 fully saturated rings. The number of aliphatic hydroxyl groups is 1. The van der Waals surface area contributed by atoms with E-state index in [0.717, 1.165) is 4.70 Å². The van der Waals surface area contributed by atoms with Crippen LogP contribution in [-0.2, 0) is 9.59 Å². The Morgan fingerprint density at radius 2 is 1.69 bits per heavy atom. The van der Waals surface area contributed by atoms with Crippen LogP contribution in [0.5, 0.6) is 23.0 Å². The van der Waals surface area contributed by atoms with E-state index in [9.17, 15) is 19.8 Å². The maximum absolute atomic E-state index is 13.5. The van der Waals surface area contributed by atoms with Gasteiger partial charge in [0.1, 0.15) is 17.3 Å². The highest BCUT2D eigenvalue weighted by Gasteiger charge is 2.48. The third-order valence-corrected chi connectivity index (χ3v) is 7.29. The second-order valence-corrected chi connectivity index (χ2v) is 9.63. The van der Waals surface area contributed by atoms with Gasteiger partial charge in [-0.3, -0.25) is 14.5 Å². The Kier molecular flexibility index (Phi) is 7.12. The van der Waals surface area contributed by atoms with Gasteiger partial charge in [-0.05, 0) is 74.0 Å². The number of ketones is 1. The number of amides is 1. The van der Waals surface area contributed by atoms with Gasteiger partial charge in [0.15, 0.2) is 16.6 Å². The van der Waals surface area contributed by atoms with E-state index in [-0.39, 0.29) is 28.0 Å². The second-order valence-electron chi connectivity index (χ2n) is 8.62. The average molecular weight is 547 g/mol. The lowest BCUT2D eigenvalue weighted by Gasteiger charge is -2.23. The molecule has 0 bridgehead atoms. The van der Waals surface area contributed by atoms with Crippen LogP contribution in [0.2, 0.25) is 0 Å². The molecule has 1 unspecified atom stereocenters. The van der Waals surface area contributed by atoms with Crippen molar-refractivity contribution in [3.8, 4) is 23.0 Å². The number of phenols is 1. The van der Waals surface area contributed by atoms with Crippen LogP contribution in [0.3, 0.4) is 0 Å². The van der Waals surface area contributed by atoms with Crippen molar-refractivity contribution in [2.45, 2.75) is 19.9 Å². The molecular formula is C29H26N2O7S. The number of ether oxygens (including phenoxy) is 3. The molecule has 3 aromatic carbocycles. The number of methoxy groups -OCH3 is 1. The van der Waals surface area contributed by atoms with Crippen molar-refractivity contribution in [1.82, 2.24) is 4.98 Å². The number of rotatable bonds is 8. The highest BCUT2D eigenvalue weighted by atomic mass is 32.1. The van der Waals surface area contributed by atoms with Gasteiger partial charge in [0, 0.05) is 5.56 Å². The number of Topliss-reactive ketones (excluding diaryl/α,β-unsaturated/α-hetero) is 1. The van der Waals surface area contributed by atoms with Crippen molar-refractivity contribution in [3.05, 3.63) is 77.4 Å². The monoisotopic (exact) mass is 546 g/mol. The minimum Gasteiger partial charge on any atom is -0.507 e. The quantitative estimate of drug-likeness (QED) is 0.171. The fourth-order valence-electron chi connectivity index (χ4n) is 4.47. The third-order valence-electron chi connectivity index (χ3n) is 6.27. The highest BCUT2D eigenvalue weighted by molar-refractivity contribution is 7.22. The van der Waals surface area contributed by atoms with Crippen LogP contribution in [0.1, 0.15) is 31.0 Å². The Hall–Kier alpha value is -4.57. The summed E-state index contributed by atoms with van der Waals surface area (Å²) in [7, 11) is 1.52. The number of aromatic hydroxyl groups is 1. The van der Waals surface area contributed by atoms with Gasteiger partial charge in [0.25, 0.3) is 5.78 Å². The first-order valence-electron chi connectivity index (χ1n) is 12.3. The summed E-state index contributed by atoms with van der Waals surface area (Å²) in [5.41, 5.74) is 1.33. The number of aromatic nitrogens is 1. The molecule has 0 spiro atoms. The van der Waals surface area contributed by atoms with Crippen molar-refractivity contribution in [2.24, 2.45) is 0 Å². The van der Waals surface area contributed by atoms with Gasteiger partial charge in [0.05, 0.1) is 42.2 Å². The van der Waals surface area contributed by atoms with Crippen LogP contribution in [0.4, 0.5) is 5.13 Å². The molecule has 0 saturated carbocycles. The van der Waals surface area contributed by atoms with E-state index in [1.807, 2.05) is 13.0 Å². The van der Waals surface area contributed by atoms with E-state index in [1.165, 1.54) is 29.4 Å². The third kappa shape index (κ3) is 4.74. The number of anilines is 1. The van der Waals surface area contributed by atoms with E-state index in [2.05, 4.69) is 4.98 Å². The maximum Gasteiger partial charge on any atom is 0.301 e. The number of benzene rings is 3. The molecule has 200 valence electrons. The largest absolute Gasteiger partial charge is 0.507 e. The average Bonchev–Trinajstić information content (AvgIpc) is 3.47. The Morgan fingerprint density at radius 1 is 0.974 bits per heavy atom. The van der Waals surface area contributed by atoms with E-state index < -0.39 is 17.7 Å². The summed E-state index contributed by atoms with van der Waals surface area (Å²) in [6.07, 6.45) is 0. The summed E-state index contributed by atoms with van der Waals surface area (Å²) in [5, 5.41) is 21.9. The Bertz CT molecular complexity index is 1590. The van der Waals surface area contributed by atoms with Crippen LogP contribution in [0, 0.1) is 0 Å². The molecule has 1 aliphatic rings. The second kappa shape index (κ2) is 10.7. The number of hydrogen-bond donors (Lipinski definition) is 2. The number of carbonyl (C=O) groups is 2. The predicted octanol–water partition coefficient (Wildman–Crippen LogP) is 5.43. The molecule has 1 aromatic heterocycles. The van der Waals surface area contributed by atoms with Gasteiger partial charge in [-0.1, -0.05) is 17.4 Å². The number of nitrogens with zero attached hydrogens (tertiary/aromatic N) is 2. The Labute approximate surface area is 228 Å². The molecule has 1 saturated heterocycles. The lowest BCUT2D eigenvalue weighted by molar-refractivity contribution is -0.132. The normalized spacial score (nSPS) is 16.6. The number of phenolic OH excluding ortho intramolecular Hbond substituents is 1. The van der Waals surface area contributed by atoms with Crippen molar-refractivity contribution in [2.75, 3.05) is 25.2 Å². The van der Waals surface area contributed by atoms with Gasteiger partial charge in [0.2, 0.25) is 0 Å². The zero-order valence-electron chi connectivity index (χ0n) is 21.5. The maximum atomic E-state index is 13.5. The summed E-state index contributed by atoms with van der Waals surface area (Å²) < 4.78 is 17.1. The van der Waals surface area contributed by atoms with E-state index in [1.54, 1.807) is 55.5 Å². The summed E-state index contributed by atoms with van der Waals surface area (Å²) in [4.78, 5) is 32.9. The summed E-state index contributed by atoms with van der Waals surface area (Å²) in [6.45, 7) is 4.46. The number of carbonyl (C=O) groups excluding carboxylic acids is 2. The van der Waals surface area contributed by atoms with Gasteiger partial charge in [-0.2, -0.15) is 0 Å². The first-order chi connectivity index (χ1) is 18.9. The van der Waals surface area contributed by atoms with Crippen LogP contribution in [0.25, 0.3) is 16.0 Å². The lowest BCUT2D eigenvalue weighted by atomic mass is 9.95. The molecule has 1 atom stereocenters. The molecule has 4 aromatic rings. The van der Waals surface area contributed by atoms with E-state index in [0.29, 0.717) is 41.4 Å². The minimum atomic E-state index is -1.03. The van der Waals surface area contributed by atoms with Crippen molar-refractivity contribution >= 4 is 44.1 Å². The molecule has 39 heavy (non-hydrogen) atoms. The van der Waals surface area contributed by atoms with Gasteiger partial charge >= 0.3 is 5.91 Å². The fraction of sp³-hybridized carbons (Fsp3) is 0.207. The fourth-order valence-corrected chi connectivity index (χ4v) is 5.49. The first kappa shape index (κ1) is 26.1. The van der Waals surface area contributed by atoms with Gasteiger partial charge in [-0.15, -0.1) is 0 Å². The summed E-state index contributed by atoms with van der Waals surface area (Å²) >= 11 is 1.23. The van der Waals surface area contributed by atoms with Crippen molar-refractivity contribution in [3.63, 3.8) is 0 Å². The van der Waals surface area contributed by atoms with Crippen LogP contribution >= 0.6 is 11.3 Å². The lowest BCUT2D eigenvalue weighted by Crippen LogP contribution is -2.29. The smallest absolute Gasteiger partial charge is 0.301 e. The number of aliphatic hydroxyl groups excluding tert-OH is 1. The topological polar surface area (TPSA) is 118 Å². The molecule has 2 N–H and O–H groups in total. The SMILES string of the molecule is CCOc1ccc2nc(N3C(=O)C(=O)/C(=C(/O)c4ccc(OC)cc4)C3c3ccc(O)c(OCC)c3)sc2c1. The van der Waals surface area contributed by atoms with Crippen LogP contribution in [-0.4, -0.2) is 47.2 Å². The highest BCUT2D eigenvalue weighted by Crippen LogP contribution is 2.46. The zero-order chi connectivity index (χ0) is 27.7. The predicted molar refractivity (Wildman–Crippen MR) is 148 cm³/mol. The van der Waals surface area contributed by atoms with Crippen LogP contribution < -0.4 is 19.1 Å². The molecule has 0 aliphatic carbocycles. The minimum absolute atomic E-state index is 0.0869. The zero-order valence-corrected chi connectivity index (χ0v) is 22.3. The molecule has 10 heteroatoms. The summed E-state index contributed by atoms with van der Waals surface area (Å²) in [6, 6.07) is 15.5. The molecule has 1 amide bonds. The van der Waals surface area contributed by atoms with Crippen molar-refractivity contribution in [1.29, 1.82) is 0 Å². The molecule has 0 radical (unpaired) electrons. The molecule has 2 heterocycles. The number of fused-ring (bicyclic) bond motifs is 1. The van der Waals surface area contributed by atoms with E-state index >= 15 is 0 Å². The summed E-state index contributed by atoms with van der Waals surface area (Å²) in [5.74, 6) is -0.678. The first-order valence-corrected chi connectivity index (χ1v) is 13.1. The standard InChI is InChI=1S/C29H26N2O7S/c1-4-37-19-11-12-20-23(15-19)39-29(30-20)31-25(17-8-13-21(32)22(14-17)38-5-2)24(27(34)28(31)35)26(33)16-6-9-18(36-3)10-7-16/h6-15,25,32-33H,4-5H2,1-3H3/b26-24+. The Balaban J connectivity index is 1.70. The van der Waals surface area contributed by atoms with Gasteiger partial charge in [-0.25, -0.2) is 4.98 Å². The number of thiazole rings is 1. The molecule has 5 rings (SSSR count). The van der Waals surface area contributed by atoms with Gasteiger partial charge < -0.3 is 24.4 Å². The van der Waals surface area contributed by atoms with Crippen LogP contribution in [0.15, 0.2) is 66.2 Å². The van der Waals surface area contributed by atoms with E-state index in [4.69, 9.17) is 14.2 Å². The molecule has 1 aliphatic heterocycles. The number of hydrogen-bond acceptors (Lipinski definition) is 9. The Morgan fingerprint density at radius 3 is 2.38 bits per heavy atom. The van der Waals surface area contributed by atoms with Crippen molar-refractivity contribution < 1.29 is 34.0 Å².